The molecule has 0 heterocycles. The number of ether oxygens (including phenoxy) is 1. The molecule has 33 heavy (non-hydrogen) atoms. The summed E-state index contributed by atoms with van der Waals surface area (Å²) in [7, 11) is 0. The van der Waals surface area contributed by atoms with E-state index in [1.54, 1.807) is 20.8 Å². The van der Waals surface area contributed by atoms with Crippen LogP contribution in [0.5, 0.6) is 0 Å². The number of alkyl carbamates (subject to hydrolysis) is 1. The normalized spacial score (nSPS) is 13.1. The molecule has 0 saturated carbocycles. The van der Waals surface area contributed by atoms with Gasteiger partial charge in [0.1, 0.15) is 17.7 Å². The highest BCUT2D eigenvalue weighted by Gasteiger charge is 2.35. The van der Waals surface area contributed by atoms with E-state index in [0.29, 0.717) is 13.1 Å². The SMILES string of the molecule is CCCCCNC(=O)C(c1ccc(C)cc1C)N(CC)C(=O)C(CS)NC(=O)OC(C)(C)C. The Morgan fingerprint density at radius 1 is 1.12 bits per heavy atom. The number of nitrogens with one attached hydrogen (secondary N) is 2. The first kappa shape index (κ1) is 28.8. The van der Waals surface area contributed by atoms with E-state index < -0.39 is 23.8 Å². The van der Waals surface area contributed by atoms with Crippen LogP contribution in [0.1, 0.15) is 76.6 Å². The summed E-state index contributed by atoms with van der Waals surface area (Å²) in [4.78, 5) is 40.6. The Morgan fingerprint density at radius 3 is 2.30 bits per heavy atom. The lowest BCUT2D eigenvalue weighted by Gasteiger charge is -2.34. The predicted octanol–water partition coefficient (Wildman–Crippen LogP) is 4.32. The molecule has 0 bridgehead atoms. The smallest absolute Gasteiger partial charge is 0.408 e. The van der Waals surface area contributed by atoms with Crippen molar-refractivity contribution in [3.05, 3.63) is 34.9 Å². The maximum atomic E-state index is 13.5. The van der Waals surface area contributed by atoms with Crippen molar-refractivity contribution < 1.29 is 19.1 Å². The average Bonchev–Trinajstić information content (AvgIpc) is 2.72. The van der Waals surface area contributed by atoms with E-state index in [0.717, 1.165) is 36.0 Å². The Morgan fingerprint density at radius 2 is 1.79 bits per heavy atom. The van der Waals surface area contributed by atoms with Gasteiger partial charge in [0.2, 0.25) is 11.8 Å². The molecule has 8 heteroatoms. The van der Waals surface area contributed by atoms with E-state index in [2.05, 4.69) is 30.2 Å². The van der Waals surface area contributed by atoms with E-state index in [4.69, 9.17) is 4.74 Å². The van der Waals surface area contributed by atoms with Crippen molar-refractivity contribution in [3.8, 4) is 0 Å². The fourth-order valence-electron chi connectivity index (χ4n) is 3.57. The standard InChI is InChI=1S/C25H41N3O4S/c1-8-10-11-14-26-22(29)21(19-13-12-17(3)15-18(19)4)28(9-2)23(30)20(16-33)27-24(31)32-25(5,6)7/h12-13,15,20-21,33H,8-11,14,16H2,1-7H3,(H,26,29)(H,27,31). The van der Waals surface area contributed by atoms with E-state index >= 15 is 0 Å². The van der Waals surface area contributed by atoms with E-state index in [-0.39, 0.29) is 17.6 Å². The molecular weight excluding hydrogens is 438 g/mol. The van der Waals surface area contributed by atoms with Crippen LogP contribution < -0.4 is 10.6 Å². The number of nitrogens with zero attached hydrogens (tertiary/aromatic N) is 1. The molecule has 1 aromatic carbocycles. The summed E-state index contributed by atoms with van der Waals surface area (Å²) in [5.74, 6) is -0.540. The molecule has 0 spiro atoms. The Labute approximate surface area is 204 Å². The van der Waals surface area contributed by atoms with Gasteiger partial charge in [-0.15, -0.1) is 0 Å². The minimum Gasteiger partial charge on any atom is -0.444 e. The van der Waals surface area contributed by atoms with Crippen LogP contribution in [0.2, 0.25) is 0 Å². The quantitative estimate of drug-likeness (QED) is 0.326. The molecule has 0 fully saturated rings. The van der Waals surface area contributed by atoms with Crippen molar-refractivity contribution in [1.82, 2.24) is 15.5 Å². The molecule has 0 aliphatic heterocycles. The van der Waals surface area contributed by atoms with Gasteiger partial charge in [-0.3, -0.25) is 9.59 Å². The second kappa shape index (κ2) is 13.5. The maximum absolute atomic E-state index is 13.5. The molecule has 0 aliphatic carbocycles. The van der Waals surface area contributed by atoms with Crippen molar-refractivity contribution in [2.45, 2.75) is 85.4 Å². The van der Waals surface area contributed by atoms with Crippen molar-refractivity contribution in [1.29, 1.82) is 0 Å². The molecule has 186 valence electrons. The molecule has 2 unspecified atom stereocenters. The molecule has 2 N–H and O–H groups in total. The Kier molecular flexibility index (Phi) is 11.8. The third-order valence-corrected chi connectivity index (χ3v) is 5.52. The third-order valence-electron chi connectivity index (χ3n) is 5.15. The number of likely N-dealkylation sites (N-methyl/N-ethyl adjacent to an activating group) is 1. The monoisotopic (exact) mass is 479 g/mol. The first-order chi connectivity index (χ1) is 15.4. The van der Waals surface area contributed by atoms with E-state index in [1.807, 2.05) is 39.0 Å². The summed E-state index contributed by atoms with van der Waals surface area (Å²) < 4.78 is 5.30. The topological polar surface area (TPSA) is 87.7 Å². The molecule has 1 rings (SSSR count). The molecule has 2 atom stereocenters. The largest absolute Gasteiger partial charge is 0.444 e. The zero-order chi connectivity index (χ0) is 25.2. The first-order valence-electron chi connectivity index (χ1n) is 11.7. The van der Waals surface area contributed by atoms with Crippen LogP contribution in [-0.4, -0.2) is 53.3 Å². The molecule has 1 aromatic rings. The lowest BCUT2D eigenvalue weighted by molar-refractivity contribution is -0.141. The summed E-state index contributed by atoms with van der Waals surface area (Å²) in [5, 5.41) is 5.60. The second-order valence-corrected chi connectivity index (χ2v) is 9.63. The van der Waals surface area contributed by atoms with Crippen LogP contribution in [0.15, 0.2) is 18.2 Å². The molecule has 0 aliphatic rings. The minimum absolute atomic E-state index is 0.0757. The summed E-state index contributed by atoms with van der Waals surface area (Å²) >= 11 is 4.28. The second-order valence-electron chi connectivity index (χ2n) is 9.27. The fraction of sp³-hybridized carbons (Fsp3) is 0.640. The number of hydrogen-bond acceptors (Lipinski definition) is 5. The number of amides is 3. The van der Waals surface area contributed by atoms with Gasteiger partial charge in [-0.25, -0.2) is 4.79 Å². The van der Waals surface area contributed by atoms with Crippen LogP contribution in [0.3, 0.4) is 0 Å². The third kappa shape index (κ3) is 9.27. The molecule has 0 radical (unpaired) electrons. The van der Waals surface area contributed by atoms with Gasteiger partial charge in [0.15, 0.2) is 0 Å². The van der Waals surface area contributed by atoms with Crippen molar-refractivity contribution in [3.63, 3.8) is 0 Å². The highest BCUT2D eigenvalue weighted by Crippen LogP contribution is 2.26. The minimum atomic E-state index is -0.927. The zero-order valence-corrected chi connectivity index (χ0v) is 22.1. The number of unbranched alkanes of at least 4 members (excludes halogenated alkanes) is 2. The number of carbonyl (C=O) groups excluding carboxylic acids is 3. The van der Waals surface area contributed by atoms with Crippen LogP contribution in [0.4, 0.5) is 4.79 Å². The van der Waals surface area contributed by atoms with Crippen molar-refractivity contribution in [2.75, 3.05) is 18.8 Å². The van der Waals surface area contributed by atoms with Gasteiger partial charge in [-0.1, -0.05) is 43.5 Å². The molecular formula is C25H41N3O4S. The van der Waals surface area contributed by atoms with Crippen molar-refractivity contribution >= 4 is 30.5 Å². The van der Waals surface area contributed by atoms with Gasteiger partial charge in [-0.05, 0) is 59.1 Å². The van der Waals surface area contributed by atoms with Gasteiger partial charge in [0, 0.05) is 18.8 Å². The lowest BCUT2D eigenvalue weighted by Crippen LogP contribution is -2.53. The van der Waals surface area contributed by atoms with Crippen molar-refractivity contribution in [2.24, 2.45) is 0 Å². The summed E-state index contributed by atoms with van der Waals surface area (Å²) in [6.07, 6.45) is 2.25. The van der Waals surface area contributed by atoms with Gasteiger partial charge < -0.3 is 20.3 Å². The van der Waals surface area contributed by atoms with Gasteiger partial charge in [0.25, 0.3) is 0 Å². The summed E-state index contributed by atoms with van der Waals surface area (Å²) in [5.41, 5.74) is 2.07. The van der Waals surface area contributed by atoms with Gasteiger partial charge in [-0.2, -0.15) is 12.6 Å². The van der Waals surface area contributed by atoms with Crippen LogP contribution in [0, 0.1) is 13.8 Å². The first-order valence-corrected chi connectivity index (χ1v) is 12.3. The zero-order valence-electron chi connectivity index (χ0n) is 21.2. The van der Waals surface area contributed by atoms with E-state index in [9.17, 15) is 14.4 Å². The van der Waals surface area contributed by atoms with Gasteiger partial charge >= 0.3 is 6.09 Å². The number of thiol groups is 1. The highest BCUT2D eigenvalue weighted by molar-refractivity contribution is 7.80. The fourth-order valence-corrected chi connectivity index (χ4v) is 3.81. The Balaban J connectivity index is 3.24. The number of hydrogen-bond donors (Lipinski definition) is 3. The lowest BCUT2D eigenvalue weighted by atomic mass is 9.96. The maximum Gasteiger partial charge on any atom is 0.408 e. The Hall–Kier alpha value is -2.22. The van der Waals surface area contributed by atoms with Gasteiger partial charge in [0.05, 0.1) is 0 Å². The summed E-state index contributed by atoms with van der Waals surface area (Å²) in [6, 6.07) is 4.10. The molecule has 3 amide bonds. The summed E-state index contributed by atoms with van der Waals surface area (Å²) in [6.45, 7) is 13.9. The van der Waals surface area contributed by atoms with Crippen LogP contribution >= 0.6 is 12.6 Å². The van der Waals surface area contributed by atoms with Crippen LogP contribution in [0.25, 0.3) is 0 Å². The molecule has 7 nitrogen and oxygen atoms in total. The van der Waals surface area contributed by atoms with Crippen LogP contribution in [-0.2, 0) is 14.3 Å². The number of benzene rings is 1. The molecule has 0 saturated heterocycles. The number of rotatable bonds is 11. The number of aryl methyl sites for hydroxylation is 2. The predicted molar refractivity (Wildman–Crippen MR) is 136 cm³/mol. The van der Waals surface area contributed by atoms with E-state index in [1.165, 1.54) is 4.90 Å². The Bertz CT molecular complexity index is 807. The molecule has 0 aromatic heterocycles. The highest BCUT2D eigenvalue weighted by atomic mass is 32.1. The number of carbonyl (C=O) groups is 3. The average molecular weight is 480 g/mol.